The maximum atomic E-state index is 5.40. The fourth-order valence-electron chi connectivity index (χ4n) is 3.95. The van der Waals surface area contributed by atoms with E-state index in [-0.39, 0.29) is 0 Å². The highest BCUT2D eigenvalue weighted by molar-refractivity contribution is 5.79. The van der Waals surface area contributed by atoms with Gasteiger partial charge in [0, 0.05) is 46.3 Å². The summed E-state index contributed by atoms with van der Waals surface area (Å²) < 4.78 is 5.40. The van der Waals surface area contributed by atoms with Crippen molar-refractivity contribution >= 4 is 5.96 Å². The molecule has 0 amide bonds. The Morgan fingerprint density at radius 2 is 1.71 bits per heavy atom. The Balaban J connectivity index is 1.41. The van der Waals surface area contributed by atoms with Crippen LogP contribution in [0.4, 0.5) is 0 Å². The minimum absolute atomic E-state index is 0.797. The van der Waals surface area contributed by atoms with E-state index >= 15 is 0 Å². The number of nitrogens with one attached hydrogen (secondary N) is 2. The number of benzene rings is 1. The molecule has 0 aliphatic carbocycles. The molecule has 1 aromatic carbocycles. The average Bonchev–Trinajstić information content (AvgIpc) is 3.00. The number of nitrogens with zero attached hydrogens (tertiary/aromatic N) is 3. The van der Waals surface area contributed by atoms with Crippen LogP contribution in [-0.2, 0) is 17.8 Å². The maximum Gasteiger partial charge on any atom is 0.191 e. The molecule has 2 saturated heterocycles. The van der Waals surface area contributed by atoms with Crippen molar-refractivity contribution < 1.29 is 4.74 Å². The van der Waals surface area contributed by atoms with Gasteiger partial charge in [0.1, 0.15) is 0 Å². The molecule has 2 aliphatic rings. The van der Waals surface area contributed by atoms with Crippen molar-refractivity contribution in [3.8, 4) is 0 Å². The summed E-state index contributed by atoms with van der Waals surface area (Å²) in [5.41, 5.74) is 2.72. The molecule has 0 atom stereocenters. The molecule has 0 spiro atoms. The first kappa shape index (κ1) is 21.1. The van der Waals surface area contributed by atoms with Crippen LogP contribution in [0.15, 0.2) is 29.3 Å². The molecular formula is C22H37N5O. The zero-order chi connectivity index (χ0) is 19.4. The maximum absolute atomic E-state index is 5.40. The van der Waals surface area contributed by atoms with Crippen LogP contribution in [0, 0.1) is 0 Å². The smallest absolute Gasteiger partial charge is 0.191 e. The third-order valence-electron chi connectivity index (χ3n) is 5.60. The Morgan fingerprint density at radius 1 is 0.964 bits per heavy atom. The molecule has 3 rings (SSSR count). The number of hydrogen-bond donors (Lipinski definition) is 2. The third-order valence-corrected chi connectivity index (χ3v) is 5.60. The molecule has 6 heteroatoms. The lowest BCUT2D eigenvalue weighted by Gasteiger charge is -2.26. The summed E-state index contributed by atoms with van der Waals surface area (Å²) >= 11 is 0. The summed E-state index contributed by atoms with van der Waals surface area (Å²) in [5, 5.41) is 6.87. The van der Waals surface area contributed by atoms with E-state index in [2.05, 4.69) is 49.7 Å². The van der Waals surface area contributed by atoms with Gasteiger partial charge in [-0.25, -0.2) is 0 Å². The molecule has 0 unspecified atom stereocenters. The van der Waals surface area contributed by atoms with Crippen molar-refractivity contribution in [1.82, 2.24) is 20.4 Å². The second-order valence-corrected chi connectivity index (χ2v) is 7.82. The predicted octanol–water partition coefficient (Wildman–Crippen LogP) is 2.06. The molecule has 28 heavy (non-hydrogen) atoms. The Hall–Kier alpha value is -1.63. The monoisotopic (exact) mass is 387 g/mol. The van der Waals surface area contributed by atoms with E-state index in [4.69, 9.17) is 4.74 Å². The second-order valence-electron chi connectivity index (χ2n) is 7.82. The van der Waals surface area contributed by atoms with Gasteiger partial charge in [-0.3, -0.25) is 14.8 Å². The third kappa shape index (κ3) is 7.41. The normalized spacial score (nSPS) is 20.0. The quantitative estimate of drug-likeness (QED) is 0.554. The lowest BCUT2D eigenvalue weighted by Crippen LogP contribution is -2.44. The number of ether oxygens (including phenoxy) is 1. The summed E-state index contributed by atoms with van der Waals surface area (Å²) in [6.07, 6.45) is 5.46. The predicted molar refractivity (Wildman–Crippen MR) is 116 cm³/mol. The Labute approximate surface area is 170 Å². The van der Waals surface area contributed by atoms with Gasteiger partial charge >= 0.3 is 0 Å². The van der Waals surface area contributed by atoms with Crippen LogP contribution in [-0.4, -0.2) is 75.3 Å². The van der Waals surface area contributed by atoms with Crippen LogP contribution in [0.3, 0.4) is 0 Å². The average molecular weight is 388 g/mol. The molecule has 2 aliphatic heterocycles. The molecule has 2 fully saturated rings. The Morgan fingerprint density at radius 3 is 2.46 bits per heavy atom. The Kier molecular flexibility index (Phi) is 9.07. The fourth-order valence-corrected chi connectivity index (χ4v) is 3.95. The molecule has 156 valence electrons. The van der Waals surface area contributed by atoms with Gasteiger partial charge in [-0.05, 0) is 37.1 Å². The summed E-state index contributed by atoms with van der Waals surface area (Å²) in [6.45, 7) is 10.0. The zero-order valence-corrected chi connectivity index (χ0v) is 17.5. The van der Waals surface area contributed by atoms with Gasteiger partial charge in [-0.2, -0.15) is 0 Å². The molecular weight excluding hydrogens is 350 g/mol. The van der Waals surface area contributed by atoms with E-state index in [9.17, 15) is 0 Å². The van der Waals surface area contributed by atoms with E-state index in [1.807, 2.05) is 7.05 Å². The number of likely N-dealkylation sites (tertiary alicyclic amines) is 1. The van der Waals surface area contributed by atoms with Crippen LogP contribution in [0.1, 0.15) is 36.8 Å². The minimum atomic E-state index is 0.797. The van der Waals surface area contributed by atoms with Crippen LogP contribution in [0.5, 0.6) is 0 Å². The van der Waals surface area contributed by atoms with E-state index in [1.165, 1.54) is 49.9 Å². The number of morpholine rings is 1. The molecule has 0 radical (unpaired) electrons. The number of guanidine groups is 1. The molecule has 0 aromatic heterocycles. The number of hydrogen-bond acceptors (Lipinski definition) is 4. The van der Waals surface area contributed by atoms with Crippen molar-refractivity contribution in [2.45, 2.75) is 38.8 Å². The van der Waals surface area contributed by atoms with Crippen molar-refractivity contribution in [2.75, 3.05) is 59.5 Å². The van der Waals surface area contributed by atoms with E-state index in [1.54, 1.807) is 0 Å². The molecule has 0 bridgehead atoms. The fraction of sp³-hybridized carbons (Fsp3) is 0.682. The molecule has 1 aromatic rings. The van der Waals surface area contributed by atoms with E-state index < -0.39 is 0 Å². The summed E-state index contributed by atoms with van der Waals surface area (Å²) in [4.78, 5) is 9.38. The lowest BCUT2D eigenvalue weighted by molar-refractivity contribution is 0.0389. The van der Waals surface area contributed by atoms with Gasteiger partial charge in [-0.1, -0.05) is 37.1 Å². The van der Waals surface area contributed by atoms with Gasteiger partial charge in [0.2, 0.25) is 0 Å². The first-order valence-electron chi connectivity index (χ1n) is 10.9. The van der Waals surface area contributed by atoms with Crippen molar-refractivity contribution in [3.63, 3.8) is 0 Å². The highest BCUT2D eigenvalue weighted by Crippen LogP contribution is 2.14. The van der Waals surface area contributed by atoms with Crippen LogP contribution >= 0.6 is 0 Å². The van der Waals surface area contributed by atoms with Crippen LogP contribution in [0.2, 0.25) is 0 Å². The van der Waals surface area contributed by atoms with Gasteiger partial charge in [-0.15, -0.1) is 0 Å². The lowest BCUT2D eigenvalue weighted by atomic mass is 10.1. The van der Waals surface area contributed by atoms with Crippen LogP contribution in [0.25, 0.3) is 0 Å². The number of rotatable bonds is 7. The highest BCUT2D eigenvalue weighted by atomic mass is 16.5. The summed E-state index contributed by atoms with van der Waals surface area (Å²) in [6, 6.07) is 8.96. The van der Waals surface area contributed by atoms with E-state index in [0.717, 1.165) is 58.4 Å². The SMILES string of the molecule is CN=C(NCCN1CCOCC1)NCc1cccc(CN2CCCCCC2)c1. The molecule has 6 nitrogen and oxygen atoms in total. The largest absolute Gasteiger partial charge is 0.379 e. The molecule has 2 heterocycles. The Bertz CT molecular complexity index is 592. The summed E-state index contributed by atoms with van der Waals surface area (Å²) in [5.74, 6) is 0.867. The van der Waals surface area contributed by atoms with Gasteiger partial charge in [0.25, 0.3) is 0 Å². The topological polar surface area (TPSA) is 52.1 Å². The standard InChI is InChI=1S/C22H37N5O/c1-23-22(24-9-12-26-13-15-28-16-14-26)25-18-20-7-6-8-21(17-20)19-27-10-4-2-3-5-11-27/h6-8,17H,2-5,9-16,18-19H2,1H3,(H2,23,24,25). The van der Waals surface area contributed by atoms with E-state index in [0.29, 0.717) is 0 Å². The molecule has 0 saturated carbocycles. The minimum Gasteiger partial charge on any atom is -0.379 e. The zero-order valence-electron chi connectivity index (χ0n) is 17.5. The van der Waals surface area contributed by atoms with Crippen molar-refractivity contribution in [3.05, 3.63) is 35.4 Å². The highest BCUT2D eigenvalue weighted by Gasteiger charge is 2.11. The number of aliphatic imine (C=N–C) groups is 1. The first-order chi connectivity index (χ1) is 13.8. The van der Waals surface area contributed by atoms with Gasteiger partial charge < -0.3 is 15.4 Å². The van der Waals surface area contributed by atoms with Gasteiger partial charge in [0.15, 0.2) is 5.96 Å². The van der Waals surface area contributed by atoms with Gasteiger partial charge in [0.05, 0.1) is 13.2 Å². The molecule has 2 N–H and O–H groups in total. The summed E-state index contributed by atoms with van der Waals surface area (Å²) in [7, 11) is 1.83. The second kappa shape index (κ2) is 12.0. The van der Waals surface area contributed by atoms with Crippen molar-refractivity contribution in [1.29, 1.82) is 0 Å². The first-order valence-corrected chi connectivity index (χ1v) is 10.9. The van der Waals surface area contributed by atoms with Crippen molar-refractivity contribution in [2.24, 2.45) is 4.99 Å². The van der Waals surface area contributed by atoms with Crippen LogP contribution < -0.4 is 10.6 Å².